The molecule has 2 heteroatoms. The highest BCUT2D eigenvalue weighted by molar-refractivity contribution is 7.17. The molecule has 1 N–H and O–H groups in total. The van der Waals surface area contributed by atoms with Crippen LogP contribution in [0.1, 0.15) is 52.2 Å². The SMILES string of the molecule is CC(CC(O)c1cccc2ccsc12)CC(C)(C)C. The van der Waals surface area contributed by atoms with E-state index in [1.807, 2.05) is 6.07 Å². The molecule has 2 atom stereocenters. The second kappa shape index (κ2) is 5.64. The van der Waals surface area contributed by atoms with Crippen molar-refractivity contribution in [3.05, 3.63) is 35.2 Å². The summed E-state index contributed by atoms with van der Waals surface area (Å²) in [5.41, 5.74) is 1.42. The summed E-state index contributed by atoms with van der Waals surface area (Å²) in [6.45, 7) is 9.02. The average Bonchev–Trinajstić information content (AvgIpc) is 2.73. The lowest BCUT2D eigenvalue weighted by Crippen LogP contribution is -2.13. The normalized spacial score (nSPS) is 15.6. The first-order chi connectivity index (χ1) is 8.87. The first-order valence-electron chi connectivity index (χ1n) is 7.01. The van der Waals surface area contributed by atoms with Crippen molar-refractivity contribution in [2.24, 2.45) is 11.3 Å². The third-order valence-corrected chi connectivity index (χ3v) is 4.43. The van der Waals surface area contributed by atoms with Crippen LogP contribution in [-0.2, 0) is 0 Å². The van der Waals surface area contributed by atoms with Crippen LogP contribution >= 0.6 is 11.3 Å². The Morgan fingerprint density at radius 1 is 1.21 bits per heavy atom. The van der Waals surface area contributed by atoms with Gasteiger partial charge < -0.3 is 5.11 Å². The summed E-state index contributed by atoms with van der Waals surface area (Å²) < 4.78 is 1.23. The lowest BCUT2D eigenvalue weighted by Gasteiger charge is -2.25. The zero-order chi connectivity index (χ0) is 14.0. The van der Waals surface area contributed by atoms with Crippen LogP contribution in [0.25, 0.3) is 10.1 Å². The Morgan fingerprint density at radius 3 is 2.63 bits per heavy atom. The minimum atomic E-state index is -0.348. The smallest absolute Gasteiger partial charge is 0.0806 e. The van der Waals surface area contributed by atoms with E-state index in [-0.39, 0.29) is 6.10 Å². The van der Waals surface area contributed by atoms with Gasteiger partial charge in [0.1, 0.15) is 0 Å². The minimum absolute atomic E-state index is 0.327. The molecule has 0 aliphatic heterocycles. The van der Waals surface area contributed by atoms with Gasteiger partial charge in [-0.3, -0.25) is 0 Å². The van der Waals surface area contributed by atoms with Crippen LogP contribution < -0.4 is 0 Å². The average molecular weight is 276 g/mol. The van der Waals surface area contributed by atoms with Crippen molar-refractivity contribution in [3.8, 4) is 0 Å². The monoisotopic (exact) mass is 276 g/mol. The Hall–Kier alpha value is -0.860. The summed E-state index contributed by atoms with van der Waals surface area (Å²) in [6.07, 6.45) is 1.64. The molecule has 0 saturated carbocycles. The minimum Gasteiger partial charge on any atom is -0.388 e. The van der Waals surface area contributed by atoms with Crippen molar-refractivity contribution in [3.63, 3.8) is 0 Å². The first kappa shape index (κ1) is 14.5. The molecule has 104 valence electrons. The third kappa shape index (κ3) is 3.80. The van der Waals surface area contributed by atoms with Gasteiger partial charge in [-0.05, 0) is 46.6 Å². The number of hydrogen-bond donors (Lipinski definition) is 1. The van der Waals surface area contributed by atoms with Crippen LogP contribution in [0, 0.1) is 11.3 Å². The summed E-state index contributed by atoms with van der Waals surface area (Å²) in [6, 6.07) is 8.34. The number of benzene rings is 1. The Balaban J connectivity index is 2.11. The van der Waals surface area contributed by atoms with E-state index in [4.69, 9.17) is 0 Å². The molecule has 0 spiro atoms. The zero-order valence-electron chi connectivity index (χ0n) is 12.3. The van der Waals surface area contributed by atoms with Crippen LogP contribution in [0.2, 0.25) is 0 Å². The molecule has 1 heterocycles. The van der Waals surface area contributed by atoms with Crippen LogP contribution in [-0.4, -0.2) is 5.11 Å². The van der Waals surface area contributed by atoms with Crippen LogP contribution in [0.4, 0.5) is 0 Å². The third-order valence-electron chi connectivity index (χ3n) is 3.45. The number of fused-ring (bicyclic) bond motifs is 1. The van der Waals surface area contributed by atoms with Gasteiger partial charge in [0.2, 0.25) is 0 Å². The number of thiophene rings is 1. The summed E-state index contributed by atoms with van der Waals surface area (Å²) in [4.78, 5) is 0. The van der Waals surface area contributed by atoms with E-state index in [0.29, 0.717) is 11.3 Å². The summed E-state index contributed by atoms with van der Waals surface area (Å²) in [5.74, 6) is 0.533. The molecule has 2 aromatic rings. The predicted octanol–water partition coefficient (Wildman–Crippen LogP) is 5.40. The summed E-state index contributed by atoms with van der Waals surface area (Å²) >= 11 is 1.72. The van der Waals surface area contributed by atoms with Gasteiger partial charge >= 0.3 is 0 Å². The molecule has 1 aromatic carbocycles. The van der Waals surface area contributed by atoms with Crippen molar-refractivity contribution >= 4 is 21.4 Å². The lowest BCUT2D eigenvalue weighted by molar-refractivity contribution is 0.135. The largest absolute Gasteiger partial charge is 0.388 e. The maximum Gasteiger partial charge on any atom is 0.0806 e. The molecule has 0 aliphatic rings. The maximum atomic E-state index is 10.5. The van der Waals surface area contributed by atoms with E-state index in [0.717, 1.165) is 18.4 Å². The fourth-order valence-corrected chi connectivity index (χ4v) is 3.88. The second-order valence-corrected chi connectivity index (χ2v) is 7.72. The highest BCUT2D eigenvalue weighted by Gasteiger charge is 2.20. The molecule has 0 aliphatic carbocycles. The van der Waals surface area contributed by atoms with Gasteiger partial charge in [0.15, 0.2) is 0 Å². The Kier molecular flexibility index (Phi) is 4.32. The summed E-state index contributed by atoms with van der Waals surface area (Å²) in [5, 5.41) is 13.8. The van der Waals surface area contributed by atoms with Gasteiger partial charge in [-0.1, -0.05) is 45.9 Å². The molecular weight excluding hydrogens is 252 g/mol. The van der Waals surface area contributed by atoms with Crippen molar-refractivity contribution in [1.29, 1.82) is 0 Å². The van der Waals surface area contributed by atoms with Crippen molar-refractivity contribution in [1.82, 2.24) is 0 Å². The van der Waals surface area contributed by atoms with Crippen LogP contribution in [0.3, 0.4) is 0 Å². The molecule has 0 radical (unpaired) electrons. The molecule has 1 aromatic heterocycles. The highest BCUT2D eigenvalue weighted by Crippen LogP contribution is 2.34. The van der Waals surface area contributed by atoms with E-state index < -0.39 is 0 Å². The number of rotatable bonds is 4. The fourth-order valence-electron chi connectivity index (χ4n) is 2.92. The van der Waals surface area contributed by atoms with Gasteiger partial charge in [-0.15, -0.1) is 11.3 Å². The van der Waals surface area contributed by atoms with Gasteiger partial charge in [0, 0.05) is 4.70 Å². The summed E-state index contributed by atoms with van der Waals surface area (Å²) in [7, 11) is 0. The Bertz CT molecular complexity index is 535. The van der Waals surface area contributed by atoms with Crippen molar-refractivity contribution < 1.29 is 5.11 Å². The molecule has 0 amide bonds. The number of aliphatic hydroxyl groups excluding tert-OH is 1. The van der Waals surface area contributed by atoms with Crippen LogP contribution in [0.5, 0.6) is 0 Å². The van der Waals surface area contributed by atoms with Crippen LogP contribution in [0.15, 0.2) is 29.6 Å². The van der Waals surface area contributed by atoms with Crippen molar-refractivity contribution in [2.75, 3.05) is 0 Å². The first-order valence-corrected chi connectivity index (χ1v) is 7.89. The topological polar surface area (TPSA) is 20.2 Å². The number of aliphatic hydroxyl groups is 1. The second-order valence-electron chi connectivity index (χ2n) is 6.81. The maximum absolute atomic E-state index is 10.5. The molecule has 1 nitrogen and oxygen atoms in total. The van der Waals surface area contributed by atoms with Gasteiger partial charge in [-0.25, -0.2) is 0 Å². The highest BCUT2D eigenvalue weighted by atomic mass is 32.1. The Morgan fingerprint density at radius 2 is 1.95 bits per heavy atom. The van der Waals surface area contributed by atoms with Gasteiger partial charge in [0.25, 0.3) is 0 Å². The van der Waals surface area contributed by atoms with E-state index in [1.54, 1.807) is 11.3 Å². The molecule has 2 unspecified atom stereocenters. The molecular formula is C17H24OS. The van der Waals surface area contributed by atoms with E-state index >= 15 is 0 Å². The standard InChI is InChI=1S/C17H24OS/c1-12(11-17(2,3)4)10-15(18)14-7-5-6-13-8-9-19-16(13)14/h5-9,12,15,18H,10-11H2,1-4H3. The number of hydrogen-bond acceptors (Lipinski definition) is 2. The van der Waals surface area contributed by atoms with Gasteiger partial charge in [0.05, 0.1) is 6.10 Å². The molecule has 2 rings (SSSR count). The quantitative estimate of drug-likeness (QED) is 0.793. The van der Waals surface area contributed by atoms with Gasteiger partial charge in [-0.2, -0.15) is 0 Å². The fraction of sp³-hybridized carbons (Fsp3) is 0.529. The Labute approximate surface area is 120 Å². The molecule has 19 heavy (non-hydrogen) atoms. The molecule has 0 saturated heterocycles. The van der Waals surface area contributed by atoms with E-state index in [2.05, 4.69) is 51.3 Å². The molecule has 0 bridgehead atoms. The van der Waals surface area contributed by atoms with E-state index in [9.17, 15) is 5.11 Å². The van der Waals surface area contributed by atoms with Crippen molar-refractivity contribution in [2.45, 2.75) is 46.6 Å². The van der Waals surface area contributed by atoms with E-state index in [1.165, 1.54) is 10.1 Å². The molecule has 0 fully saturated rings. The predicted molar refractivity (Wildman–Crippen MR) is 84.6 cm³/mol. The zero-order valence-corrected chi connectivity index (χ0v) is 13.1. The lowest BCUT2D eigenvalue weighted by atomic mass is 9.82.